The Hall–Kier alpha value is -2.33. The van der Waals surface area contributed by atoms with Crippen LogP contribution in [0.1, 0.15) is 18.1 Å². The van der Waals surface area contributed by atoms with Crippen molar-refractivity contribution >= 4 is 29.1 Å². The minimum absolute atomic E-state index is 0.0118. The average molecular weight is 357 g/mol. The highest BCUT2D eigenvalue weighted by atomic mass is 35.5. The number of benzene rings is 2. The van der Waals surface area contributed by atoms with Crippen LogP contribution in [0.4, 0.5) is 5.69 Å². The molecule has 25 heavy (non-hydrogen) atoms. The number of halogens is 1. The number of hydrogen-bond donors (Lipinski definition) is 0. The maximum atomic E-state index is 12.7. The van der Waals surface area contributed by atoms with Crippen LogP contribution in [0.15, 0.2) is 48.5 Å². The molecule has 2 aromatic carbocycles. The number of amides is 2. The van der Waals surface area contributed by atoms with Gasteiger partial charge in [0.25, 0.3) is 0 Å². The summed E-state index contributed by atoms with van der Waals surface area (Å²) in [6.07, 6.45) is 0.320. The minimum atomic E-state index is -0.0713. The van der Waals surface area contributed by atoms with Crippen LogP contribution in [0.5, 0.6) is 0 Å². The molecule has 0 spiro atoms. The predicted octanol–water partition coefficient (Wildman–Crippen LogP) is 3.45. The number of carbonyl (C=O) groups is 2. The Morgan fingerprint density at radius 1 is 1.20 bits per heavy atom. The lowest BCUT2D eigenvalue weighted by atomic mass is 10.1. The SMILES string of the molecule is Cc1cccc(CC(=O)N2CC(=O)N(c3ccc(Cl)cc3)C[C@H]2C)c1. The van der Waals surface area contributed by atoms with Crippen molar-refractivity contribution in [3.63, 3.8) is 0 Å². The lowest BCUT2D eigenvalue weighted by molar-refractivity contribution is -0.138. The van der Waals surface area contributed by atoms with E-state index < -0.39 is 0 Å². The molecule has 0 bridgehead atoms. The number of hydrogen-bond acceptors (Lipinski definition) is 2. The van der Waals surface area contributed by atoms with E-state index in [0.717, 1.165) is 16.8 Å². The lowest BCUT2D eigenvalue weighted by Gasteiger charge is -2.39. The molecule has 4 nitrogen and oxygen atoms in total. The van der Waals surface area contributed by atoms with Crippen molar-refractivity contribution in [2.45, 2.75) is 26.3 Å². The van der Waals surface area contributed by atoms with E-state index in [-0.39, 0.29) is 24.4 Å². The highest BCUT2D eigenvalue weighted by molar-refractivity contribution is 6.30. The zero-order valence-corrected chi connectivity index (χ0v) is 15.2. The third kappa shape index (κ3) is 4.02. The van der Waals surface area contributed by atoms with Gasteiger partial charge in [0.1, 0.15) is 6.54 Å². The van der Waals surface area contributed by atoms with Gasteiger partial charge in [0.05, 0.1) is 6.42 Å². The summed E-state index contributed by atoms with van der Waals surface area (Å²) in [5, 5.41) is 0.635. The van der Waals surface area contributed by atoms with Crippen molar-refractivity contribution in [2.24, 2.45) is 0 Å². The van der Waals surface area contributed by atoms with Crippen LogP contribution >= 0.6 is 11.6 Å². The zero-order valence-electron chi connectivity index (χ0n) is 14.4. The van der Waals surface area contributed by atoms with E-state index in [2.05, 4.69) is 0 Å². The van der Waals surface area contributed by atoms with Gasteiger partial charge >= 0.3 is 0 Å². The van der Waals surface area contributed by atoms with Gasteiger partial charge in [-0.15, -0.1) is 0 Å². The molecule has 0 saturated carbocycles. The maximum Gasteiger partial charge on any atom is 0.246 e. The van der Waals surface area contributed by atoms with Crippen molar-refractivity contribution in [1.29, 1.82) is 0 Å². The van der Waals surface area contributed by atoms with E-state index in [1.807, 2.05) is 50.2 Å². The van der Waals surface area contributed by atoms with Gasteiger partial charge in [-0.25, -0.2) is 0 Å². The van der Waals surface area contributed by atoms with Crippen molar-refractivity contribution < 1.29 is 9.59 Å². The second kappa shape index (κ2) is 7.28. The third-order valence-corrected chi connectivity index (χ3v) is 4.73. The summed E-state index contributed by atoms with van der Waals surface area (Å²) in [4.78, 5) is 28.6. The fourth-order valence-corrected chi connectivity index (χ4v) is 3.28. The minimum Gasteiger partial charge on any atom is -0.329 e. The topological polar surface area (TPSA) is 40.6 Å². The number of nitrogens with zero attached hydrogens (tertiary/aromatic N) is 2. The van der Waals surface area contributed by atoms with Gasteiger partial charge in [0, 0.05) is 23.3 Å². The molecule has 1 aliphatic heterocycles. The summed E-state index contributed by atoms with van der Waals surface area (Å²) in [5.41, 5.74) is 2.92. The number of rotatable bonds is 3. The molecule has 1 saturated heterocycles. The molecule has 0 unspecified atom stereocenters. The van der Waals surface area contributed by atoms with Crippen molar-refractivity contribution in [3.05, 3.63) is 64.7 Å². The Kier molecular flexibility index (Phi) is 5.09. The van der Waals surface area contributed by atoms with Gasteiger partial charge in [-0.05, 0) is 43.7 Å². The molecule has 0 radical (unpaired) electrons. The van der Waals surface area contributed by atoms with E-state index in [1.54, 1.807) is 21.9 Å². The summed E-state index contributed by atoms with van der Waals surface area (Å²) in [6, 6.07) is 15.1. The van der Waals surface area contributed by atoms with Crippen molar-refractivity contribution in [2.75, 3.05) is 18.0 Å². The van der Waals surface area contributed by atoms with Gasteiger partial charge in [0.15, 0.2) is 0 Å². The van der Waals surface area contributed by atoms with Crippen LogP contribution in [0.3, 0.4) is 0 Å². The van der Waals surface area contributed by atoms with E-state index in [9.17, 15) is 9.59 Å². The first kappa shape index (κ1) is 17.5. The summed E-state index contributed by atoms with van der Waals surface area (Å²) in [5.74, 6) is -0.0831. The van der Waals surface area contributed by atoms with E-state index >= 15 is 0 Å². The molecule has 130 valence electrons. The third-order valence-electron chi connectivity index (χ3n) is 4.48. The lowest BCUT2D eigenvalue weighted by Crippen LogP contribution is -2.57. The Labute approximate surface area is 153 Å². The molecule has 1 atom stereocenters. The normalized spacial score (nSPS) is 17.7. The smallest absolute Gasteiger partial charge is 0.246 e. The first-order valence-electron chi connectivity index (χ1n) is 8.35. The van der Waals surface area contributed by atoms with Crippen molar-refractivity contribution in [3.8, 4) is 0 Å². The Morgan fingerprint density at radius 3 is 2.60 bits per heavy atom. The number of carbonyl (C=O) groups excluding carboxylic acids is 2. The van der Waals surface area contributed by atoms with Crippen LogP contribution in [-0.2, 0) is 16.0 Å². The van der Waals surface area contributed by atoms with Crippen LogP contribution in [-0.4, -0.2) is 35.8 Å². The monoisotopic (exact) mass is 356 g/mol. The second-order valence-electron chi connectivity index (χ2n) is 6.52. The summed E-state index contributed by atoms with van der Waals surface area (Å²) < 4.78 is 0. The molecule has 0 aliphatic carbocycles. The molecule has 1 fully saturated rings. The van der Waals surface area contributed by atoms with E-state index in [0.29, 0.717) is 18.0 Å². The second-order valence-corrected chi connectivity index (χ2v) is 6.95. The predicted molar refractivity (Wildman–Crippen MR) is 99.9 cm³/mol. The standard InChI is InChI=1S/C20H21ClN2O2/c1-14-4-3-5-16(10-14)11-19(24)22-13-20(25)23(12-15(22)2)18-8-6-17(21)7-9-18/h3-10,15H,11-13H2,1-2H3/t15-/m1/s1. The Bertz CT molecular complexity index is 789. The first-order valence-corrected chi connectivity index (χ1v) is 8.73. The number of anilines is 1. The molecule has 5 heteroatoms. The molecule has 2 amide bonds. The maximum absolute atomic E-state index is 12.7. The highest BCUT2D eigenvalue weighted by Crippen LogP contribution is 2.22. The average Bonchev–Trinajstić information content (AvgIpc) is 2.57. The van der Waals surface area contributed by atoms with Gasteiger partial charge in [0.2, 0.25) is 11.8 Å². The highest BCUT2D eigenvalue weighted by Gasteiger charge is 2.33. The molecular formula is C20H21ClN2O2. The Morgan fingerprint density at radius 2 is 1.92 bits per heavy atom. The number of piperazine rings is 1. The molecule has 0 aromatic heterocycles. The molecule has 0 N–H and O–H groups in total. The van der Waals surface area contributed by atoms with Crippen molar-refractivity contribution in [1.82, 2.24) is 4.90 Å². The van der Waals surface area contributed by atoms with Gasteiger partial charge < -0.3 is 9.80 Å². The van der Waals surface area contributed by atoms with Crippen LogP contribution < -0.4 is 4.90 Å². The number of aryl methyl sites for hydroxylation is 1. The van der Waals surface area contributed by atoms with E-state index in [1.165, 1.54) is 0 Å². The van der Waals surface area contributed by atoms with Crippen LogP contribution in [0.25, 0.3) is 0 Å². The molecular weight excluding hydrogens is 336 g/mol. The summed E-state index contributed by atoms with van der Waals surface area (Å²) >= 11 is 5.91. The van der Waals surface area contributed by atoms with Gasteiger partial charge in [-0.3, -0.25) is 9.59 Å². The quantitative estimate of drug-likeness (QED) is 0.845. The largest absolute Gasteiger partial charge is 0.329 e. The first-order chi connectivity index (χ1) is 11.9. The van der Waals surface area contributed by atoms with Gasteiger partial charge in [-0.1, -0.05) is 41.4 Å². The fourth-order valence-electron chi connectivity index (χ4n) is 3.15. The van der Waals surface area contributed by atoms with Crippen LogP contribution in [0, 0.1) is 6.92 Å². The molecule has 2 aromatic rings. The summed E-state index contributed by atoms with van der Waals surface area (Å²) in [6.45, 7) is 4.57. The molecule has 1 heterocycles. The van der Waals surface area contributed by atoms with E-state index in [4.69, 9.17) is 11.6 Å². The summed E-state index contributed by atoms with van der Waals surface area (Å²) in [7, 11) is 0. The van der Waals surface area contributed by atoms with Gasteiger partial charge in [-0.2, -0.15) is 0 Å². The fraction of sp³-hybridized carbons (Fsp3) is 0.300. The van der Waals surface area contributed by atoms with Crippen LogP contribution in [0.2, 0.25) is 5.02 Å². The molecule has 1 aliphatic rings. The Balaban J connectivity index is 1.70. The molecule has 3 rings (SSSR count). The zero-order chi connectivity index (χ0) is 18.0.